The number of aliphatic hydroxyl groups is 1. The van der Waals surface area contributed by atoms with Crippen molar-refractivity contribution < 1.29 is 33.6 Å². The largest absolute Gasteiger partial charge is 0.491 e. The van der Waals surface area contributed by atoms with E-state index in [9.17, 15) is 29.6 Å². The summed E-state index contributed by atoms with van der Waals surface area (Å²) in [5.41, 5.74) is 11.4. The Balaban J connectivity index is 1.72. The average molecular weight is 639 g/mol. The van der Waals surface area contributed by atoms with Gasteiger partial charge in [0.05, 0.1) is 27.5 Å². The summed E-state index contributed by atoms with van der Waals surface area (Å²) >= 11 is 1.13. The molecule has 0 aliphatic heterocycles. The topological polar surface area (TPSA) is 244 Å². The number of nitrogens with zero attached hydrogens (tertiary/aromatic N) is 5. The maximum absolute atomic E-state index is 13.2. The van der Waals surface area contributed by atoms with Crippen LogP contribution in [0.25, 0.3) is 10.2 Å². The molecule has 0 saturated heterocycles. The molecule has 0 radical (unpaired) electrons. The van der Waals surface area contributed by atoms with E-state index in [-0.39, 0.29) is 53.8 Å². The van der Waals surface area contributed by atoms with Gasteiger partial charge < -0.3 is 35.6 Å². The third-order valence-corrected chi connectivity index (χ3v) is 7.33. The number of pyridine rings is 1. The lowest BCUT2D eigenvalue weighted by Gasteiger charge is -2.11. The van der Waals surface area contributed by atoms with Gasteiger partial charge in [0, 0.05) is 50.9 Å². The van der Waals surface area contributed by atoms with Gasteiger partial charge in [-0.2, -0.15) is 4.99 Å². The summed E-state index contributed by atoms with van der Waals surface area (Å²) in [5, 5.41) is 23.6. The van der Waals surface area contributed by atoms with Crippen molar-refractivity contribution in [1.29, 1.82) is 0 Å². The number of carbonyl (C=O) groups excluding carboxylic acids is 3. The fourth-order valence-corrected chi connectivity index (χ4v) is 5.32. The molecule has 4 aromatic rings. The Morgan fingerprint density at radius 1 is 1.22 bits per heavy atom. The molecule has 0 aliphatic rings. The predicted octanol–water partition coefficient (Wildman–Crippen LogP) is 2.23. The van der Waals surface area contributed by atoms with Crippen LogP contribution in [0.4, 0.5) is 11.5 Å². The number of hydrogen-bond acceptors (Lipinski definition) is 12. The fourth-order valence-electron chi connectivity index (χ4n) is 4.22. The summed E-state index contributed by atoms with van der Waals surface area (Å²) in [4.78, 5) is 60.3. The van der Waals surface area contributed by atoms with Crippen molar-refractivity contribution in [2.75, 3.05) is 25.1 Å². The van der Waals surface area contributed by atoms with Crippen molar-refractivity contribution in [2.45, 2.75) is 33.2 Å². The van der Waals surface area contributed by atoms with Crippen LogP contribution in [0.3, 0.4) is 0 Å². The van der Waals surface area contributed by atoms with Crippen molar-refractivity contribution >= 4 is 50.8 Å². The quantitative estimate of drug-likeness (QED) is 0.0675. The minimum Gasteiger partial charge on any atom is -0.491 e. The van der Waals surface area contributed by atoms with E-state index in [1.165, 1.54) is 6.07 Å². The molecular weight excluding hydrogens is 608 g/mol. The number of aryl methyl sites for hydroxylation is 2. The lowest BCUT2D eigenvalue weighted by Crippen LogP contribution is -2.18. The van der Waals surface area contributed by atoms with E-state index in [1.54, 1.807) is 29.7 Å². The highest BCUT2D eigenvalue weighted by Gasteiger charge is 2.21. The number of primary amides is 2. The summed E-state index contributed by atoms with van der Waals surface area (Å²) in [6.45, 7) is 3.77. The third-order valence-electron chi connectivity index (χ3n) is 6.31. The highest BCUT2D eigenvalue weighted by atomic mass is 32.1. The Hall–Kier alpha value is -5.42. The zero-order chi connectivity index (χ0) is 32.7. The van der Waals surface area contributed by atoms with Crippen molar-refractivity contribution in [3.05, 3.63) is 79.9 Å². The number of anilines is 1. The van der Waals surface area contributed by atoms with Gasteiger partial charge in [-0.1, -0.05) is 30.4 Å². The highest BCUT2D eigenvalue weighted by Crippen LogP contribution is 2.30. The molecule has 0 aliphatic carbocycles. The first kappa shape index (κ1) is 32.5. The van der Waals surface area contributed by atoms with Crippen LogP contribution < -0.4 is 26.3 Å². The van der Waals surface area contributed by atoms with Gasteiger partial charge in [0.1, 0.15) is 11.3 Å². The molecule has 236 valence electrons. The Morgan fingerprint density at radius 3 is 2.64 bits per heavy atom. The Morgan fingerprint density at radius 2 is 1.98 bits per heavy atom. The molecule has 0 spiro atoms. The first-order valence-electron chi connectivity index (χ1n) is 13.6. The molecule has 3 heterocycles. The van der Waals surface area contributed by atoms with E-state index >= 15 is 0 Å². The lowest BCUT2D eigenvalue weighted by atomic mass is 10.2. The number of aromatic nitrogens is 3. The molecule has 1 aromatic carbocycles. The summed E-state index contributed by atoms with van der Waals surface area (Å²) in [7, 11) is 0. The summed E-state index contributed by atoms with van der Waals surface area (Å²) < 4.78 is 13.7. The number of fused-ring (bicyclic) bond motifs is 1. The number of ether oxygens (including phenoxy) is 1. The summed E-state index contributed by atoms with van der Waals surface area (Å²) in [6.07, 6.45) is 5.33. The van der Waals surface area contributed by atoms with Crippen LogP contribution >= 0.6 is 11.3 Å². The maximum Gasteiger partial charge on any atom is 0.317 e. The molecule has 17 heteroatoms. The van der Waals surface area contributed by atoms with Gasteiger partial charge in [0.25, 0.3) is 5.91 Å². The second-order valence-corrected chi connectivity index (χ2v) is 10.5. The number of nitro groups is 1. The van der Waals surface area contributed by atoms with E-state index in [1.807, 2.05) is 6.92 Å². The van der Waals surface area contributed by atoms with Gasteiger partial charge in [0.2, 0.25) is 17.5 Å². The lowest BCUT2D eigenvalue weighted by molar-refractivity contribution is -0.384. The van der Waals surface area contributed by atoms with E-state index in [2.05, 4.69) is 20.3 Å². The van der Waals surface area contributed by atoms with E-state index in [0.29, 0.717) is 40.4 Å². The van der Waals surface area contributed by atoms with Crippen LogP contribution in [0.1, 0.15) is 56.2 Å². The monoisotopic (exact) mass is 638 g/mol. The number of nitrogens with two attached hydrogens (primary N) is 2. The number of thiazole rings is 1. The van der Waals surface area contributed by atoms with Crippen LogP contribution in [0.2, 0.25) is 0 Å². The first-order valence-corrected chi connectivity index (χ1v) is 14.4. The number of oxazole rings is 1. The van der Waals surface area contributed by atoms with Gasteiger partial charge in [-0.05, 0) is 18.6 Å². The Labute approximate surface area is 259 Å². The maximum atomic E-state index is 13.2. The van der Waals surface area contributed by atoms with Crippen LogP contribution in [-0.4, -0.2) is 62.0 Å². The molecule has 3 aromatic heterocycles. The van der Waals surface area contributed by atoms with E-state index in [4.69, 9.17) is 20.6 Å². The van der Waals surface area contributed by atoms with Gasteiger partial charge in [0.15, 0.2) is 10.7 Å². The zero-order valence-corrected chi connectivity index (χ0v) is 25.1. The SMILES string of the molecule is CCc1nc(C)oc1C(=O)/N=c1\sc2cc(C(N)=O)cc(OCCCO)c2n1C/C=C/CNc1ncc(C(N)=O)cc1[N+](=O)[O-]. The van der Waals surface area contributed by atoms with Crippen molar-refractivity contribution in [2.24, 2.45) is 16.5 Å². The summed E-state index contributed by atoms with van der Waals surface area (Å²) in [5.74, 6) is -1.58. The molecule has 0 fully saturated rings. The molecule has 4 rings (SSSR count). The Bertz CT molecular complexity index is 1870. The fraction of sp³-hybridized carbons (Fsp3) is 0.286. The van der Waals surface area contributed by atoms with Gasteiger partial charge in [-0.15, -0.1) is 0 Å². The van der Waals surface area contributed by atoms with Crippen LogP contribution in [0.15, 0.2) is 46.0 Å². The molecule has 3 amide bonds. The molecule has 16 nitrogen and oxygen atoms in total. The van der Waals surface area contributed by atoms with Gasteiger partial charge in [-0.25, -0.2) is 9.97 Å². The third kappa shape index (κ3) is 7.57. The second kappa shape index (κ2) is 14.4. The van der Waals surface area contributed by atoms with E-state index in [0.717, 1.165) is 23.6 Å². The molecule has 0 bridgehead atoms. The normalized spacial score (nSPS) is 11.8. The molecule has 0 unspecified atom stereocenters. The molecule has 0 atom stereocenters. The second-order valence-electron chi connectivity index (χ2n) is 9.45. The molecule has 6 N–H and O–H groups in total. The van der Waals surface area contributed by atoms with Gasteiger partial charge >= 0.3 is 11.6 Å². The molecule has 45 heavy (non-hydrogen) atoms. The van der Waals surface area contributed by atoms with Crippen LogP contribution in [-0.2, 0) is 13.0 Å². The minimum absolute atomic E-state index is 0.0208. The number of hydrogen-bond donors (Lipinski definition) is 4. The van der Waals surface area contributed by atoms with Crippen LogP contribution in [0, 0.1) is 17.0 Å². The number of nitrogens with one attached hydrogen (secondary N) is 1. The first-order chi connectivity index (χ1) is 21.5. The van der Waals surface area contributed by atoms with Crippen molar-refractivity contribution in [1.82, 2.24) is 14.5 Å². The average Bonchev–Trinajstić information content (AvgIpc) is 3.56. The number of rotatable bonds is 14. The van der Waals surface area contributed by atoms with Gasteiger partial charge in [-0.3, -0.25) is 24.5 Å². The predicted molar refractivity (Wildman–Crippen MR) is 163 cm³/mol. The number of aliphatic hydroxyl groups excluding tert-OH is 1. The highest BCUT2D eigenvalue weighted by molar-refractivity contribution is 7.16. The standard InChI is InChI=1S/C28H30N8O8S/c1-3-18-23(44-15(2)33-18)27(40)34-28-35(22-20(43-10-6-9-37)12-16(24(29)38)13-21(22)45-28)8-5-4-7-31-26-19(36(41)42)11-17(14-32-26)25(30)39/h4-5,11-14,37H,3,6-10H2,1-2H3,(H2,29,38)(H2,30,39)(H,31,32)/b5-4+,34-28-. The number of amides is 3. The molecular formula is C28H30N8O8S. The number of carbonyl (C=O) groups is 3. The smallest absolute Gasteiger partial charge is 0.317 e. The molecule has 0 saturated carbocycles. The zero-order valence-electron chi connectivity index (χ0n) is 24.3. The number of allylic oxidation sites excluding steroid dienone is 1. The number of benzene rings is 1. The minimum atomic E-state index is -0.844. The van der Waals surface area contributed by atoms with Crippen molar-refractivity contribution in [3.63, 3.8) is 0 Å². The van der Waals surface area contributed by atoms with Crippen molar-refractivity contribution in [3.8, 4) is 5.75 Å². The Kier molecular flexibility index (Phi) is 10.4. The van der Waals surface area contributed by atoms with Crippen LogP contribution in [0.5, 0.6) is 5.75 Å². The van der Waals surface area contributed by atoms with E-state index < -0.39 is 28.3 Å². The summed E-state index contributed by atoms with van der Waals surface area (Å²) in [6, 6.07) is 4.10.